The molecule has 1 N–H and O–H groups in total. The van der Waals surface area contributed by atoms with Crippen LogP contribution < -0.4 is 5.32 Å². The number of halogens is 2. The standard InChI is InChI=1S/C21H33N3O.2ClH/c1-2-14-24(20-10-12-22-13-11-20)21(25)19-9-6-15-23(17-19)16-18-7-4-3-5-8-18;;/h3-5,7-8,19-20,22H,2,6,9-17H2,1H3;2*1H. The molecule has 4 nitrogen and oxygen atoms in total. The quantitative estimate of drug-likeness (QED) is 0.768. The van der Waals surface area contributed by atoms with E-state index in [0.717, 1.165) is 71.4 Å². The van der Waals surface area contributed by atoms with Crippen molar-refractivity contribution in [2.75, 3.05) is 32.7 Å². The van der Waals surface area contributed by atoms with Crippen LogP contribution in [0, 0.1) is 5.92 Å². The van der Waals surface area contributed by atoms with E-state index in [1.807, 2.05) is 0 Å². The minimum absolute atomic E-state index is 0. The van der Waals surface area contributed by atoms with Gasteiger partial charge in [-0.2, -0.15) is 0 Å². The maximum atomic E-state index is 13.3. The zero-order valence-electron chi connectivity index (χ0n) is 16.4. The maximum absolute atomic E-state index is 13.3. The van der Waals surface area contributed by atoms with Crippen LogP contribution in [0.25, 0.3) is 0 Å². The monoisotopic (exact) mass is 415 g/mol. The van der Waals surface area contributed by atoms with E-state index in [-0.39, 0.29) is 30.7 Å². The molecular weight excluding hydrogens is 381 g/mol. The zero-order chi connectivity index (χ0) is 17.5. The number of hydrogen-bond donors (Lipinski definition) is 1. The molecule has 1 atom stereocenters. The molecule has 1 amide bonds. The number of carbonyl (C=O) groups excluding carboxylic acids is 1. The van der Waals surface area contributed by atoms with Gasteiger partial charge in [0.15, 0.2) is 0 Å². The smallest absolute Gasteiger partial charge is 0.227 e. The Kier molecular flexibility index (Phi) is 11.3. The molecule has 154 valence electrons. The first kappa shape index (κ1) is 24.2. The first-order chi connectivity index (χ1) is 12.3. The van der Waals surface area contributed by atoms with Crippen molar-refractivity contribution in [3.05, 3.63) is 35.9 Å². The minimum atomic E-state index is 0. The molecule has 27 heavy (non-hydrogen) atoms. The number of likely N-dealkylation sites (tertiary alicyclic amines) is 1. The third-order valence-corrected chi connectivity index (χ3v) is 5.60. The molecule has 6 heteroatoms. The number of nitrogens with zero attached hydrogens (tertiary/aromatic N) is 2. The molecule has 2 aliphatic heterocycles. The summed E-state index contributed by atoms with van der Waals surface area (Å²) < 4.78 is 0. The van der Waals surface area contributed by atoms with Crippen LogP contribution in [0.15, 0.2) is 30.3 Å². The van der Waals surface area contributed by atoms with Crippen molar-refractivity contribution in [1.82, 2.24) is 15.1 Å². The molecule has 0 aliphatic carbocycles. The Bertz CT molecular complexity index is 537. The lowest BCUT2D eigenvalue weighted by molar-refractivity contribution is -0.140. The van der Waals surface area contributed by atoms with Crippen LogP contribution in [0.1, 0.15) is 44.6 Å². The Balaban J connectivity index is 0.00000182. The Morgan fingerprint density at radius 2 is 1.85 bits per heavy atom. The SMILES string of the molecule is CCCN(C(=O)C1CCCN(Cc2ccccc2)C1)C1CCNCC1.Cl.Cl. The van der Waals surface area contributed by atoms with E-state index in [2.05, 4.69) is 52.4 Å². The number of rotatable bonds is 6. The summed E-state index contributed by atoms with van der Waals surface area (Å²) in [5.74, 6) is 0.588. The van der Waals surface area contributed by atoms with Gasteiger partial charge in [0.1, 0.15) is 0 Å². The van der Waals surface area contributed by atoms with Gasteiger partial charge in [-0.25, -0.2) is 0 Å². The Morgan fingerprint density at radius 3 is 2.52 bits per heavy atom. The summed E-state index contributed by atoms with van der Waals surface area (Å²) in [5, 5.41) is 3.42. The van der Waals surface area contributed by atoms with E-state index >= 15 is 0 Å². The normalized spacial score (nSPS) is 21.0. The van der Waals surface area contributed by atoms with E-state index in [4.69, 9.17) is 0 Å². The summed E-state index contributed by atoms with van der Waals surface area (Å²) in [4.78, 5) is 18.0. The van der Waals surface area contributed by atoms with Crippen molar-refractivity contribution in [3.63, 3.8) is 0 Å². The van der Waals surface area contributed by atoms with Gasteiger partial charge in [-0.05, 0) is 57.3 Å². The predicted octanol–water partition coefficient (Wildman–Crippen LogP) is 3.73. The van der Waals surface area contributed by atoms with Crippen molar-refractivity contribution in [2.45, 2.75) is 51.6 Å². The fourth-order valence-electron chi connectivity index (χ4n) is 4.31. The molecule has 0 spiro atoms. The number of benzene rings is 1. The van der Waals surface area contributed by atoms with Gasteiger partial charge < -0.3 is 10.2 Å². The van der Waals surface area contributed by atoms with Gasteiger partial charge in [0.05, 0.1) is 5.92 Å². The molecule has 2 fully saturated rings. The topological polar surface area (TPSA) is 35.6 Å². The third-order valence-electron chi connectivity index (χ3n) is 5.60. The highest BCUT2D eigenvalue weighted by molar-refractivity contribution is 5.85. The Hall–Kier alpha value is -0.810. The summed E-state index contributed by atoms with van der Waals surface area (Å²) in [6, 6.07) is 11.1. The summed E-state index contributed by atoms with van der Waals surface area (Å²) >= 11 is 0. The molecule has 2 aliphatic rings. The largest absolute Gasteiger partial charge is 0.339 e. The fraction of sp³-hybridized carbons (Fsp3) is 0.667. The molecule has 1 unspecified atom stereocenters. The molecule has 3 rings (SSSR count). The van der Waals surface area contributed by atoms with Crippen molar-refractivity contribution in [1.29, 1.82) is 0 Å². The van der Waals surface area contributed by atoms with Crippen molar-refractivity contribution < 1.29 is 4.79 Å². The second kappa shape index (κ2) is 12.6. The molecule has 0 radical (unpaired) electrons. The van der Waals surface area contributed by atoms with Gasteiger partial charge in [0.25, 0.3) is 0 Å². The van der Waals surface area contributed by atoms with Gasteiger partial charge >= 0.3 is 0 Å². The average molecular weight is 416 g/mol. The van der Waals surface area contributed by atoms with Gasteiger partial charge in [0, 0.05) is 25.7 Å². The predicted molar refractivity (Wildman–Crippen MR) is 117 cm³/mol. The molecule has 0 aromatic heterocycles. The first-order valence-electron chi connectivity index (χ1n) is 10.1. The van der Waals surface area contributed by atoms with Crippen LogP contribution in [-0.2, 0) is 11.3 Å². The van der Waals surface area contributed by atoms with Crippen LogP contribution >= 0.6 is 24.8 Å². The molecule has 1 aromatic carbocycles. The van der Waals surface area contributed by atoms with Crippen LogP contribution in [0.5, 0.6) is 0 Å². The van der Waals surface area contributed by atoms with Gasteiger partial charge in [-0.3, -0.25) is 9.69 Å². The molecular formula is C21H35Cl2N3O. The van der Waals surface area contributed by atoms with E-state index in [9.17, 15) is 4.79 Å². The van der Waals surface area contributed by atoms with Crippen LogP contribution in [0.4, 0.5) is 0 Å². The molecule has 0 saturated carbocycles. The maximum Gasteiger partial charge on any atom is 0.227 e. The van der Waals surface area contributed by atoms with Gasteiger partial charge in [-0.15, -0.1) is 24.8 Å². The zero-order valence-corrected chi connectivity index (χ0v) is 18.1. The highest BCUT2D eigenvalue weighted by atomic mass is 35.5. The summed E-state index contributed by atoms with van der Waals surface area (Å²) in [7, 11) is 0. The lowest BCUT2D eigenvalue weighted by Crippen LogP contribution is -2.51. The number of piperidine rings is 2. The summed E-state index contributed by atoms with van der Waals surface area (Å²) in [6.07, 6.45) is 5.44. The van der Waals surface area contributed by atoms with Crippen LogP contribution in [0.2, 0.25) is 0 Å². The molecule has 2 heterocycles. The van der Waals surface area contributed by atoms with Crippen LogP contribution in [0.3, 0.4) is 0 Å². The second-order valence-corrected chi connectivity index (χ2v) is 7.57. The first-order valence-corrected chi connectivity index (χ1v) is 10.1. The molecule has 1 aromatic rings. The van der Waals surface area contributed by atoms with Crippen molar-refractivity contribution in [2.24, 2.45) is 5.92 Å². The Labute approximate surface area is 176 Å². The summed E-state index contributed by atoms with van der Waals surface area (Å²) in [6.45, 7) is 8.18. The number of hydrogen-bond acceptors (Lipinski definition) is 3. The fourth-order valence-corrected chi connectivity index (χ4v) is 4.31. The van der Waals surface area contributed by atoms with Crippen molar-refractivity contribution in [3.8, 4) is 0 Å². The van der Waals surface area contributed by atoms with E-state index < -0.39 is 0 Å². The lowest BCUT2D eigenvalue weighted by Gasteiger charge is -2.39. The number of nitrogens with one attached hydrogen (secondary N) is 1. The van der Waals surface area contributed by atoms with E-state index in [1.165, 1.54) is 5.56 Å². The van der Waals surface area contributed by atoms with Gasteiger partial charge in [-0.1, -0.05) is 37.3 Å². The second-order valence-electron chi connectivity index (χ2n) is 7.57. The van der Waals surface area contributed by atoms with Crippen molar-refractivity contribution >= 4 is 30.7 Å². The Morgan fingerprint density at radius 1 is 1.15 bits per heavy atom. The van der Waals surface area contributed by atoms with Crippen LogP contribution in [-0.4, -0.2) is 54.5 Å². The summed E-state index contributed by atoms with van der Waals surface area (Å²) in [5.41, 5.74) is 1.35. The molecule has 2 saturated heterocycles. The highest BCUT2D eigenvalue weighted by Gasteiger charge is 2.32. The minimum Gasteiger partial charge on any atom is -0.339 e. The highest BCUT2D eigenvalue weighted by Crippen LogP contribution is 2.23. The number of carbonyl (C=O) groups is 1. The average Bonchev–Trinajstić information content (AvgIpc) is 2.67. The molecule has 0 bridgehead atoms. The third kappa shape index (κ3) is 6.94. The number of amides is 1. The lowest BCUT2D eigenvalue weighted by atomic mass is 9.94. The van der Waals surface area contributed by atoms with E-state index in [1.54, 1.807) is 0 Å². The van der Waals surface area contributed by atoms with Gasteiger partial charge in [0.2, 0.25) is 5.91 Å². The van der Waals surface area contributed by atoms with E-state index in [0.29, 0.717) is 11.9 Å².